The molecule has 1 fully saturated rings. The molecule has 174 valence electrons. The van der Waals surface area contributed by atoms with Gasteiger partial charge in [0.2, 0.25) is 5.91 Å². The Morgan fingerprint density at radius 1 is 1.19 bits per heavy atom. The molecule has 2 heterocycles. The largest absolute Gasteiger partial charge is 0.379 e. The molecular weight excluding hydrogens is 406 g/mol. The molecule has 9 heteroatoms. The number of guanidine groups is 1. The molecule has 0 aliphatic carbocycles. The fourth-order valence-electron chi connectivity index (χ4n) is 3.44. The molecule has 1 amide bonds. The van der Waals surface area contributed by atoms with E-state index in [4.69, 9.17) is 4.74 Å². The van der Waals surface area contributed by atoms with Gasteiger partial charge in [-0.05, 0) is 25.1 Å². The molecule has 0 unspecified atom stereocenters. The van der Waals surface area contributed by atoms with Crippen molar-refractivity contribution in [3.8, 4) is 5.69 Å². The number of hydrogen-bond acceptors (Lipinski definition) is 5. The third kappa shape index (κ3) is 7.35. The van der Waals surface area contributed by atoms with E-state index in [1.165, 1.54) is 0 Å². The van der Waals surface area contributed by atoms with Crippen LogP contribution in [0.15, 0.2) is 47.7 Å². The monoisotopic (exact) mass is 441 g/mol. The fourth-order valence-corrected chi connectivity index (χ4v) is 3.44. The van der Waals surface area contributed by atoms with E-state index in [0.29, 0.717) is 6.54 Å². The highest BCUT2D eigenvalue weighted by Crippen LogP contribution is 2.09. The Balaban J connectivity index is 1.58. The van der Waals surface area contributed by atoms with Gasteiger partial charge < -0.3 is 19.9 Å². The van der Waals surface area contributed by atoms with Gasteiger partial charge in [-0.15, -0.1) is 0 Å². The van der Waals surface area contributed by atoms with Gasteiger partial charge in [-0.2, -0.15) is 5.10 Å². The number of aliphatic imine (C=N–C) groups is 1. The first-order valence-electron chi connectivity index (χ1n) is 11.1. The lowest BCUT2D eigenvalue weighted by Crippen LogP contribution is -2.41. The van der Waals surface area contributed by atoms with Crippen LogP contribution in [-0.4, -0.2) is 103 Å². The van der Waals surface area contributed by atoms with Crippen molar-refractivity contribution in [3.63, 3.8) is 0 Å². The fraction of sp³-hybridized carbons (Fsp3) is 0.522. The summed E-state index contributed by atoms with van der Waals surface area (Å²) >= 11 is 0. The van der Waals surface area contributed by atoms with Crippen LogP contribution in [0.2, 0.25) is 0 Å². The van der Waals surface area contributed by atoms with E-state index in [9.17, 15) is 4.79 Å². The number of nitrogens with zero attached hydrogens (tertiary/aromatic N) is 6. The van der Waals surface area contributed by atoms with Crippen LogP contribution in [0, 0.1) is 0 Å². The number of hydrogen-bond donors (Lipinski definition) is 1. The Morgan fingerprint density at radius 3 is 2.66 bits per heavy atom. The van der Waals surface area contributed by atoms with E-state index < -0.39 is 0 Å². The molecule has 0 saturated carbocycles. The van der Waals surface area contributed by atoms with Gasteiger partial charge in [-0.25, -0.2) is 9.67 Å². The van der Waals surface area contributed by atoms with Crippen LogP contribution in [0.5, 0.6) is 0 Å². The minimum atomic E-state index is -0.0251. The molecule has 0 atom stereocenters. The van der Waals surface area contributed by atoms with Crippen LogP contribution in [0.1, 0.15) is 12.0 Å². The molecular formula is C23H35N7O2. The molecule has 3 rings (SSSR count). The van der Waals surface area contributed by atoms with Crippen molar-refractivity contribution in [2.24, 2.45) is 4.99 Å². The first-order chi connectivity index (χ1) is 15.5. The van der Waals surface area contributed by atoms with Crippen LogP contribution in [0.25, 0.3) is 5.69 Å². The van der Waals surface area contributed by atoms with Gasteiger partial charge in [0.1, 0.15) is 6.54 Å². The number of ether oxygens (including phenoxy) is 1. The molecule has 2 aromatic rings. The predicted octanol–water partition coefficient (Wildman–Crippen LogP) is 1.06. The molecule has 1 aliphatic rings. The van der Waals surface area contributed by atoms with Gasteiger partial charge in [-0.1, -0.05) is 18.2 Å². The van der Waals surface area contributed by atoms with Crippen LogP contribution in [-0.2, 0) is 16.1 Å². The summed E-state index contributed by atoms with van der Waals surface area (Å²) in [4.78, 5) is 22.6. The van der Waals surface area contributed by atoms with Crippen molar-refractivity contribution < 1.29 is 9.53 Å². The van der Waals surface area contributed by atoms with Crippen molar-refractivity contribution in [1.29, 1.82) is 0 Å². The molecule has 1 saturated heterocycles. The van der Waals surface area contributed by atoms with Gasteiger partial charge in [0.05, 0.1) is 25.1 Å². The lowest BCUT2D eigenvalue weighted by molar-refractivity contribution is -0.127. The molecule has 32 heavy (non-hydrogen) atoms. The average molecular weight is 442 g/mol. The number of para-hydroxylation sites is 1. The highest BCUT2D eigenvalue weighted by molar-refractivity contribution is 5.84. The van der Waals surface area contributed by atoms with Gasteiger partial charge in [0, 0.05) is 59.1 Å². The van der Waals surface area contributed by atoms with E-state index in [1.54, 1.807) is 19.0 Å². The standard InChI is InChI=1S/C23H35N7O2/c1-27(2)22(31)17-25-23(24-10-7-11-29-12-14-32-15-13-29)28(3)18-20-16-26-30(19-20)21-8-5-4-6-9-21/h4-6,8-9,16,19H,7,10-15,17-18H2,1-3H3,(H,24,25). The van der Waals surface area contributed by atoms with Crippen LogP contribution in [0.4, 0.5) is 0 Å². The Kier molecular flexibility index (Phi) is 9.06. The topological polar surface area (TPSA) is 78.2 Å². The summed E-state index contributed by atoms with van der Waals surface area (Å²) in [6, 6.07) is 10.0. The SMILES string of the molecule is CN(C)C(=O)CN=C(NCCCN1CCOCC1)N(C)Cc1cnn(-c2ccccc2)c1. The van der Waals surface area contributed by atoms with E-state index in [1.807, 2.05) is 59.4 Å². The quantitative estimate of drug-likeness (QED) is 0.356. The Labute approximate surface area is 190 Å². The minimum Gasteiger partial charge on any atom is -0.379 e. The number of morpholine rings is 1. The highest BCUT2D eigenvalue weighted by Gasteiger charge is 2.13. The van der Waals surface area contributed by atoms with E-state index in [2.05, 4.69) is 20.3 Å². The zero-order valence-electron chi connectivity index (χ0n) is 19.4. The number of carbonyl (C=O) groups is 1. The molecule has 1 aromatic carbocycles. The second-order valence-corrected chi connectivity index (χ2v) is 8.15. The Hall–Kier alpha value is -2.91. The van der Waals surface area contributed by atoms with Crippen molar-refractivity contribution >= 4 is 11.9 Å². The first-order valence-corrected chi connectivity index (χ1v) is 11.1. The summed E-state index contributed by atoms with van der Waals surface area (Å²) in [5, 5.41) is 7.91. The van der Waals surface area contributed by atoms with Gasteiger partial charge >= 0.3 is 0 Å². The van der Waals surface area contributed by atoms with Crippen molar-refractivity contribution in [3.05, 3.63) is 48.3 Å². The van der Waals surface area contributed by atoms with Gasteiger partial charge in [-0.3, -0.25) is 9.69 Å². The van der Waals surface area contributed by atoms with Gasteiger partial charge in [0.15, 0.2) is 5.96 Å². The van der Waals surface area contributed by atoms with Crippen LogP contribution < -0.4 is 5.32 Å². The first kappa shape index (κ1) is 23.7. The average Bonchev–Trinajstić information content (AvgIpc) is 3.28. The summed E-state index contributed by atoms with van der Waals surface area (Å²) in [5.74, 6) is 0.692. The van der Waals surface area contributed by atoms with Crippen LogP contribution in [0.3, 0.4) is 0 Å². The number of amides is 1. The summed E-state index contributed by atoms with van der Waals surface area (Å²) in [6.07, 6.45) is 4.89. The van der Waals surface area contributed by atoms with Crippen molar-refractivity contribution in [2.75, 3.05) is 67.1 Å². The molecule has 9 nitrogen and oxygen atoms in total. The number of aromatic nitrogens is 2. The number of nitrogens with one attached hydrogen (secondary N) is 1. The summed E-state index contributed by atoms with van der Waals surface area (Å²) < 4.78 is 7.28. The summed E-state index contributed by atoms with van der Waals surface area (Å²) in [5.41, 5.74) is 2.09. The number of benzene rings is 1. The number of carbonyl (C=O) groups excluding carboxylic acids is 1. The maximum absolute atomic E-state index is 12.1. The summed E-state index contributed by atoms with van der Waals surface area (Å²) in [6.45, 7) is 6.17. The van der Waals surface area contributed by atoms with E-state index in [0.717, 1.165) is 63.0 Å². The molecule has 0 spiro atoms. The number of rotatable bonds is 9. The second kappa shape index (κ2) is 12.2. The molecule has 0 bridgehead atoms. The zero-order valence-corrected chi connectivity index (χ0v) is 19.4. The second-order valence-electron chi connectivity index (χ2n) is 8.15. The number of likely N-dealkylation sites (N-methyl/N-ethyl adjacent to an activating group) is 1. The Morgan fingerprint density at radius 2 is 1.94 bits per heavy atom. The lowest BCUT2D eigenvalue weighted by Gasteiger charge is -2.27. The maximum atomic E-state index is 12.1. The van der Waals surface area contributed by atoms with Crippen molar-refractivity contribution in [1.82, 2.24) is 29.8 Å². The van der Waals surface area contributed by atoms with E-state index >= 15 is 0 Å². The third-order valence-electron chi connectivity index (χ3n) is 5.34. The molecule has 1 aromatic heterocycles. The minimum absolute atomic E-state index is 0.0251. The third-order valence-corrected chi connectivity index (χ3v) is 5.34. The maximum Gasteiger partial charge on any atom is 0.243 e. The van der Waals surface area contributed by atoms with Gasteiger partial charge in [0.25, 0.3) is 0 Å². The normalized spacial score (nSPS) is 14.9. The molecule has 1 N–H and O–H groups in total. The smallest absolute Gasteiger partial charge is 0.243 e. The molecule has 0 radical (unpaired) electrons. The lowest BCUT2D eigenvalue weighted by atomic mass is 10.3. The summed E-state index contributed by atoms with van der Waals surface area (Å²) in [7, 11) is 5.47. The predicted molar refractivity (Wildman–Crippen MR) is 126 cm³/mol. The van der Waals surface area contributed by atoms with Crippen molar-refractivity contribution in [2.45, 2.75) is 13.0 Å². The Bertz CT molecular complexity index is 860. The van der Waals surface area contributed by atoms with E-state index in [-0.39, 0.29) is 12.5 Å². The van der Waals surface area contributed by atoms with Crippen LogP contribution >= 0.6 is 0 Å². The zero-order chi connectivity index (χ0) is 22.8. The highest BCUT2D eigenvalue weighted by atomic mass is 16.5. The molecule has 1 aliphatic heterocycles.